The molecule has 0 saturated carbocycles. The molecule has 1 N–H and O–H groups in total. The number of nitrogens with one attached hydrogen (secondary N) is 1. The summed E-state index contributed by atoms with van der Waals surface area (Å²) < 4.78 is 22.8. The van der Waals surface area contributed by atoms with Gasteiger partial charge >= 0.3 is 0 Å². The van der Waals surface area contributed by atoms with Crippen LogP contribution in [-0.4, -0.2) is 36.9 Å². The van der Waals surface area contributed by atoms with E-state index in [4.69, 9.17) is 11.6 Å². The van der Waals surface area contributed by atoms with Gasteiger partial charge in [-0.05, 0) is 12.5 Å². The molecule has 1 saturated heterocycles. The van der Waals surface area contributed by atoms with Gasteiger partial charge in [-0.25, -0.2) is 13.4 Å². The Balaban J connectivity index is 1.63. The van der Waals surface area contributed by atoms with Gasteiger partial charge in [0.05, 0.1) is 28.6 Å². The highest BCUT2D eigenvalue weighted by Gasteiger charge is 2.28. The lowest BCUT2D eigenvalue weighted by Gasteiger charge is -2.09. The zero-order chi connectivity index (χ0) is 16.4. The van der Waals surface area contributed by atoms with Crippen molar-refractivity contribution in [2.45, 2.75) is 18.9 Å². The number of benzene rings is 1. The van der Waals surface area contributed by atoms with Crippen LogP contribution in [0.1, 0.15) is 12.1 Å². The van der Waals surface area contributed by atoms with Crippen molar-refractivity contribution in [3.63, 3.8) is 0 Å². The highest BCUT2D eigenvalue weighted by molar-refractivity contribution is 7.91. The predicted octanol–water partition coefficient (Wildman–Crippen LogP) is 2.31. The van der Waals surface area contributed by atoms with E-state index < -0.39 is 9.84 Å². The van der Waals surface area contributed by atoms with Gasteiger partial charge in [-0.1, -0.05) is 29.8 Å². The molecule has 0 radical (unpaired) electrons. The van der Waals surface area contributed by atoms with Crippen LogP contribution in [0, 0.1) is 0 Å². The Kier molecular flexibility index (Phi) is 4.70. The standard InChI is InChI=1S/C15H15ClN2O3S2/c16-13-4-2-1-3-12(13)15-18-11(8-22-15)7-14(19)17-10-5-6-23(20,21)9-10/h1-4,8,10H,5-7,9H2,(H,17,19). The molecule has 1 aliphatic heterocycles. The summed E-state index contributed by atoms with van der Waals surface area (Å²) >= 11 is 7.57. The summed E-state index contributed by atoms with van der Waals surface area (Å²) in [6.07, 6.45) is 0.619. The second-order valence-corrected chi connectivity index (χ2v) is 8.96. The molecule has 1 amide bonds. The Labute approximate surface area is 143 Å². The van der Waals surface area contributed by atoms with Gasteiger partial charge in [0.25, 0.3) is 0 Å². The maximum absolute atomic E-state index is 12.0. The summed E-state index contributed by atoms with van der Waals surface area (Å²) in [4.78, 5) is 16.5. The molecule has 0 spiro atoms. The maximum Gasteiger partial charge on any atom is 0.226 e. The SMILES string of the molecule is O=C(Cc1csc(-c2ccccc2Cl)n1)NC1CCS(=O)(=O)C1. The zero-order valence-electron chi connectivity index (χ0n) is 12.2. The molecule has 1 unspecified atom stereocenters. The Morgan fingerprint density at radius 2 is 2.17 bits per heavy atom. The van der Waals surface area contributed by atoms with E-state index in [0.29, 0.717) is 17.1 Å². The topological polar surface area (TPSA) is 76.1 Å². The zero-order valence-corrected chi connectivity index (χ0v) is 14.5. The molecule has 5 nitrogen and oxygen atoms in total. The molecule has 3 rings (SSSR count). The highest BCUT2D eigenvalue weighted by Crippen LogP contribution is 2.30. The van der Waals surface area contributed by atoms with Gasteiger partial charge in [0, 0.05) is 17.0 Å². The van der Waals surface area contributed by atoms with Gasteiger partial charge in [0.2, 0.25) is 5.91 Å². The van der Waals surface area contributed by atoms with Crippen molar-refractivity contribution in [1.29, 1.82) is 0 Å². The fourth-order valence-electron chi connectivity index (χ4n) is 2.50. The van der Waals surface area contributed by atoms with Crippen LogP contribution in [0.4, 0.5) is 0 Å². The molecule has 0 bridgehead atoms. The van der Waals surface area contributed by atoms with E-state index in [1.807, 2.05) is 23.6 Å². The molecule has 1 fully saturated rings. The summed E-state index contributed by atoms with van der Waals surface area (Å²) in [6, 6.07) is 7.13. The number of nitrogens with zero attached hydrogens (tertiary/aromatic N) is 1. The second-order valence-electron chi connectivity index (χ2n) is 5.47. The molecular weight excluding hydrogens is 356 g/mol. The van der Waals surface area contributed by atoms with Crippen LogP contribution in [0.15, 0.2) is 29.6 Å². The monoisotopic (exact) mass is 370 g/mol. The van der Waals surface area contributed by atoms with Crippen molar-refractivity contribution in [2.75, 3.05) is 11.5 Å². The fourth-order valence-corrected chi connectivity index (χ4v) is 5.31. The number of aromatic nitrogens is 1. The van der Waals surface area contributed by atoms with Gasteiger partial charge < -0.3 is 5.32 Å². The average molecular weight is 371 g/mol. The van der Waals surface area contributed by atoms with Crippen molar-refractivity contribution < 1.29 is 13.2 Å². The minimum atomic E-state index is -2.99. The van der Waals surface area contributed by atoms with Crippen LogP contribution >= 0.6 is 22.9 Å². The van der Waals surface area contributed by atoms with Gasteiger partial charge in [-0.15, -0.1) is 11.3 Å². The molecule has 0 aliphatic carbocycles. The molecule has 1 aromatic carbocycles. The van der Waals surface area contributed by atoms with Crippen molar-refractivity contribution in [2.24, 2.45) is 0 Å². The van der Waals surface area contributed by atoms with Crippen molar-refractivity contribution in [1.82, 2.24) is 10.3 Å². The third kappa shape index (κ3) is 4.10. The molecule has 2 heterocycles. The summed E-state index contributed by atoms with van der Waals surface area (Å²) in [7, 11) is -2.99. The molecule has 1 aromatic heterocycles. The van der Waals surface area contributed by atoms with Crippen LogP contribution in [-0.2, 0) is 21.1 Å². The smallest absolute Gasteiger partial charge is 0.226 e. The summed E-state index contributed by atoms with van der Waals surface area (Å²) in [5.41, 5.74) is 1.50. The second kappa shape index (κ2) is 6.59. The van der Waals surface area contributed by atoms with E-state index in [1.54, 1.807) is 6.07 Å². The number of rotatable bonds is 4. The van der Waals surface area contributed by atoms with Crippen LogP contribution in [0.25, 0.3) is 10.6 Å². The number of sulfone groups is 1. The number of amides is 1. The molecule has 1 aliphatic rings. The molecule has 122 valence electrons. The average Bonchev–Trinajstić information content (AvgIpc) is 3.06. The van der Waals surface area contributed by atoms with Crippen LogP contribution in [0.2, 0.25) is 5.02 Å². The fraction of sp³-hybridized carbons (Fsp3) is 0.333. The van der Waals surface area contributed by atoms with Gasteiger partial charge in [0.15, 0.2) is 9.84 Å². The van der Waals surface area contributed by atoms with Crippen molar-refractivity contribution in [3.05, 3.63) is 40.4 Å². The Hall–Kier alpha value is -1.44. The molecular formula is C15H15ClN2O3S2. The van der Waals surface area contributed by atoms with Crippen LogP contribution in [0.3, 0.4) is 0 Å². The van der Waals surface area contributed by atoms with Crippen LogP contribution < -0.4 is 5.32 Å². The van der Waals surface area contributed by atoms with E-state index in [9.17, 15) is 13.2 Å². The lowest BCUT2D eigenvalue weighted by atomic mass is 10.2. The summed E-state index contributed by atoms with van der Waals surface area (Å²) in [6.45, 7) is 0. The predicted molar refractivity (Wildman–Crippen MR) is 91.5 cm³/mol. The third-order valence-corrected chi connectivity index (χ3v) is 6.62. The normalized spacial score (nSPS) is 19.6. The van der Waals surface area contributed by atoms with Gasteiger partial charge in [0.1, 0.15) is 5.01 Å². The Morgan fingerprint density at radius 1 is 1.39 bits per heavy atom. The Bertz CT molecular complexity index is 833. The van der Waals surface area contributed by atoms with Crippen molar-refractivity contribution in [3.8, 4) is 10.6 Å². The van der Waals surface area contributed by atoms with E-state index >= 15 is 0 Å². The van der Waals surface area contributed by atoms with Crippen LogP contribution in [0.5, 0.6) is 0 Å². The van der Waals surface area contributed by atoms with E-state index in [0.717, 1.165) is 10.6 Å². The first-order valence-corrected chi connectivity index (χ1v) is 10.2. The first-order valence-electron chi connectivity index (χ1n) is 7.12. The first kappa shape index (κ1) is 16.4. The van der Waals surface area contributed by atoms with Gasteiger partial charge in [-0.2, -0.15) is 0 Å². The highest BCUT2D eigenvalue weighted by atomic mass is 35.5. The number of carbonyl (C=O) groups is 1. The number of thiazole rings is 1. The quantitative estimate of drug-likeness (QED) is 0.896. The minimum absolute atomic E-state index is 0.0285. The maximum atomic E-state index is 12.0. The number of carbonyl (C=O) groups excluding carboxylic acids is 1. The van der Waals surface area contributed by atoms with Gasteiger partial charge in [-0.3, -0.25) is 4.79 Å². The largest absolute Gasteiger partial charge is 0.352 e. The van der Waals surface area contributed by atoms with E-state index in [2.05, 4.69) is 10.3 Å². The molecule has 8 heteroatoms. The minimum Gasteiger partial charge on any atom is -0.352 e. The first-order chi connectivity index (χ1) is 10.9. The van der Waals surface area contributed by atoms with E-state index in [-0.39, 0.29) is 29.9 Å². The summed E-state index contributed by atoms with van der Waals surface area (Å²) in [5, 5.41) is 5.97. The summed E-state index contributed by atoms with van der Waals surface area (Å²) in [5.74, 6) is -0.0329. The number of hydrogen-bond donors (Lipinski definition) is 1. The molecule has 1 atom stereocenters. The van der Waals surface area contributed by atoms with Crippen molar-refractivity contribution >= 4 is 38.7 Å². The molecule has 2 aromatic rings. The lowest BCUT2D eigenvalue weighted by molar-refractivity contribution is -0.121. The third-order valence-electron chi connectivity index (χ3n) is 3.60. The number of halogens is 1. The Morgan fingerprint density at radius 3 is 2.87 bits per heavy atom. The lowest BCUT2D eigenvalue weighted by Crippen LogP contribution is -2.36. The number of hydrogen-bond acceptors (Lipinski definition) is 5. The van der Waals surface area contributed by atoms with E-state index in [1.165, 1.54) is 11.3 Å². The molecule has 23 heavy (non-hydrogen) atoms.